The highest BCUT2D eigenvalue weighted by Gasteiger charge is 2.13. The van der Waals surface area contributed by atoms with Gasteiger partial charge in [-0.2, -0.15) is 8.78 Å². The molecule has 0 spiro atoms. The van der Waals surface area contributed by atoms with Crippen LogP contribution in [0.2, 0.25) is 5.15 Å². The molecule has 84 valence electrons. The standard InChI is InChI=1S/C8H5ClF2N4O/c9-4-1-3(16-8(10)11)5-6(15-4)7(12)14-2-13-5/h1-2,8H,(H2,12,13,14). The highest BCUT2D eigenvalue weighted by Crippen LogP contribution is 2.28. The van der Waals surface area contributed by atoms with Crippen molar-refractivity contribution in [3.05, 3.63) is 17.5 Å². The maximum atomic E-state index is 12.1. The van der Waals surface area contributed by atoms with Crippen molar-refractivity contribution in [1.29, 1.82) is 0 Å². The van der Waals surface area contributed by atoms with Gasteiger partial charge in [0.05, 0.1) is 0 Å². The third-order valence-electron chi connectivity index (χ3n) is 1.77. The summed E-state index contributed by atoms with van der Waals surface area (Å²) in [6.07, 6.45) is 1.13. The average molecular weight is 247 g/mol. The summed E-state index contributed by atoms with van der Waals surface area (Å²) in [5, 5.41) is -0.0235. The molecule has 2 aromatic rings. The summed E-state index contributed by atoms with van der Waals surface area (Å²) < 4.78 is 28.5. The quantitative estimate of drug-likeness (QED) is 0.819. The summed E-state index contributed by atoms with van der Waals surface area (Å²) in [6.45, 7) is -2.97. The van der Waals surface area contributed by atoms with Crippen LogP contribution in [0.15, 0.2) is 12.4 Å². The second kappa shape index (κ2) is 4.01. The molecular weight excluding hydrogens is 242 g/mol. The summed E-state index contributed by atoms with van der Waals surface area (Å²) in [6, 6.07) is 1.14. The molecular formula is C8H5ClF2N4O. The van der Waals surface area contributed by atoms with Gasteiger partial charge in [0.1, 0.15) is 22.5 Å². The lowest BCUT2D eigenvalue weighted by Gasteiger charge is -2.07. The molecule has 0 aliphatic heterocycles. The van der Waals surface area contributed by atoms with E-state index in [1.165, 1.54) is 0 Å². The minimum Gasteiger partial charge on any atom is -0.432 e. The largest absolute Gasteiger partial charge is 0.432 e. The number of ether oxygens (including phenoxy) is 1. The first kappa shape index (κ1) is 10.7. The highest BCUT2D eigenvalue weighted by molar-refractivity contribution is 6.30. The lowest BCUT2D eigenvalue weighted by Crippen LogP contribution is -2.04. The molecule has 16 heavy (non-hydrogen) atoms. The molecule has 2 N–H and O–H groups in total. The SMILES string of the molecule is Nc1ncnc2c(OC(F)F)cc(Cl)nc12. The van der Waals surface area contributed by atoms with Gasteiger partial charge in [0.15, 0.2) is 11.6 Å². The van der Waals surface area contributed by atoms with Crippen molar-refractivity contribution in [3.63, 3.8) is 0 Å². The van der Waals surface area contributed by atoms with Crippen molar-refractivity contribution in [3.8, 4) is 5.75 Å². The smallest absolute Gasteiger partial charge is 0.387 e. The van der Waals surface area contributed by atoms with Crippen LogP contribution in [0.5, 0.6) is 5.75 Å². The van der Waals surface area contributed by atoms with E-state index in [1.54, 1.807) is 0 Å². The van der Waals surface area contributed by atoms with Crippen LogP contribution in [-0.4, -0.2) is 21.6 Å². The van der Waals surface area contributed by atoms with E-state index < -0.39 is 6.61 Å². The Labute approximate surface area is 93.2 Å². The lowest BCUT2D eigenvalue weighted by atomic mass is 10.3. The Bertz CT molecular complexity index is 537. The fourth-order valence-corrected chi connectivity index (χ4v) is 1.37. The average Bonchev–Trinajstić information content (AvgIpc) is 2.18. The van der Waals surface area contributed by atoms with Crippen molar-refractivity contribution in [2.75, 3.05) is 5.73 Å². The molecule has 0 radical (unpaired) electrons. The fourth-order valence-electron chi connectivity index (χ4n) is 1.18. The number of halogens is 3. The van der Waals surface area contributed by atoms with Gasteiger partial charge < -0.3 is 10.5 Å². The van der Waals surface area contributed by atoms with Crippen molar-refractivity contribution < 1.29 is 13.5 Å². The maximum Gasteiger partial charge on any atom is 0.387 e. The fraction of sp³-hybridized carbons (Fsp3) is 0.125. The molecule has 0 saturated heterocycles. The molecule has 0 saturated carbocycles. The Morgan fingerprint density at radius 1 is 1.31 bits per heavy atom. The summed E-state index contributed by atoms with van der Waals surface area (Å²) >= 11 is 5.63. The number of anilines is 1. The second-order valence-corrected chi connectivity index (χ2v) is 3.16. The van der Waals surface area contributed by atoms with E-state index in [0.29, 0.717) is 0 Å². The lowest BCUT2D eigenvalue weighted by molar-refractivity contribution is -0.0489. The predicted octanol–water partition coefficient (Wildman–Crippen LogP) is 1.86. The van der Waals surface area contributed by atoms with Crippen molar-refractivity contribution in [2.24, 2.45) is 0 Å². The Balaban J connectivity index is 2.68. The van der Waals surface area contributed by atoms with Crippen LogP contribution in [0, 0.1) is 0 Å². The number of nitrogens with two attached hydrogens (primary N) is 1. The number of nitrogen functional groups attached to an aromatic ring is 1. The van der Waals surface area contributed by atoms with E-state index in [1.807, 2.05) is 0 Å². The normalized spacial score (nSPS) is 11.0. The molecule has 0 aliphatic rings. The number of hydrogen-bond acceptors (Lipinski definition) is 5. The van der Waals surface area contributed by atoms with Crippen molar-refractivity contribution >= 4 is 28.5 Å². The van der Waals surface area contributed by atoms with Gasteiger partial charge in [-0.3, -0.25) is 0 Å². The first-order valence-corrected chi connectivity index (χ1v) is 4.47. The molecule has 0 aromatic carbocycles. The van der Waals surface area contributed by atoms with Crippen molar-refractivity contribution in [1.82, 2.24) is 15.0 Å². The number of rotatable bonds is 2. The van der Waals surface area contributed by atoms with Crippen LogP contribution in [0.4, 0.5) is 14.6 Å². The Kier molecular flexibility index (Phi) is 2.69. The van der Waals surface area contributed by atoms with Crippen LogP contribution in [0.1, 0.15) is 0 Å². The van der Waals surface area contributed by atoms with E-state index >= 15 is 0 Å². The van der Waals surface area contributed by atoms with Crippen molar-refractivity contribution in [2.45, 2.75) is 6.61 Å². The van der Waals surface area contributed by atoms with Crippen LogP contribution in [0.25, 0.3) is 11.0 Å². The van der Waals surface area contributed by atoms with Gasteiger partial charge in [-0.25, -0.2) is 15.0 Å². The third kappa shape index (κ3) is 1.94. The molecule has 0 aliphatic carbocycles. The van der Waals surface area contributed by atoms with Gasteiger partial charge in [0.2, 0.25) is 0 Å². The zero-order chi connectivity index (χ0) is 11.7. The van der Waals surface area contributed by atoms with E-state index in [4.69, 9.17) is 17.3 Å². The number of nitrogens with zero attached hydrogens (tertiary/aromatic N) is 3. The maximum absolute atomic E-state index is 12.1. The van der Waals surface area contributed by atoms with Crippen LogP contribution >= 0.6 is 11.6 Å². The molecule has 8 heteroatoms. The molecule has 0 fully saturated rings. The Morgan fingerprint density at radius 3 is 2.75 bits per heavy atom. The minimum absolute atomic E-state index is 0.0235. The van der Waals surface area contributed by atoms with Gasteiger partial charge >= 0.3 is 6.61 Å². The van der Waals surface area contributed by atoms with Gasteiger partial charge in [-0.05, 0) is 0 Å². The topological polar surface area (TPSA) is 73.9 Å². The second-order valence-electron chi connectivity index (χ2n) is 2.78. The highest BCUT2D eigenvalue weighted by atomic mass is 35.5. The zero-order valence-corrected chi connectivity index (χ0v) is 8.45. The van der Waals surface area contributed by atoms with Gasteiger partial charge in [-0.1, -0.05) is 11.6 Å². The summed E-state index contributed by atoms with van der Waals surface area (Å²) in [7, 11) is 0. The van der Waals surface area contributed by atoms with E-state index in [-0.39, 0.29) is 27.8 Å². The summed E-state index contributed by atoms with van der Waals surface area (Å²) in [5.41, 5.74) is 5.73. The van der Waals surface area contributed by atoms with Crippen LogP contribution in [-0.2, 0) is 0 Å². The van der Waals surface area contributed by atoms with Gasteiger partial charge in [-0.15, -0.1) is 0 Å². The number of fused-ring (bicyclic) bond motifs is 1. The van der Waals surface area contributed by atoms with E-state index in [9.17, 15) is 8.78 Å². The molecule has 0 atom stereocenters. The first-order valence-electron chi connectivity index (χ1n) is 4.09. The molecule has 2 heterocycles. The Morgan fingerprint density at radius 2 is 2.06 bits per heavy atom. The third-order valence-corrected chi connectivity index (χ3v) is 1.96. The first-order chi connectivity index (χ1) is 7.58. The molecule has 2 rings (SSSR count). The molecule has 2 aromatic heterocycles. The Hall–Kier alpha value is -1.76. The number of alkyl halides is 2. The molecule has 0 unspecified atom stereocenters. The van der Waals surface area contributed by atoms with E-state index in [0.717, 1.165) is 12.4 Å². The van der Waals surface area contributed by atoms with Gasteiger partial charge in [0, 0.05) is 6.07 Å². The monoisotopic (exact) mass is 246 g/mol. The summed E-state index contributed by atoms with van der Waals surface area (Å²) in [4.78, 5) is 11.3. The zero-order valence-electron chi connectivity index (χ0n) is 7.69. The molecule has 5 nitrogen and oxygen atoms in total. The van der Waals surface area contributed by atoms with Crippen LogP contribution in [0.3, 0.4) is 0 Å². The van der Waals surface area contributed by atoms with Crippen LogP contribution < -0.4 is 10.5 Å². The van der Waals surface area contributed by atoms with Gasteiger partial charge in [0.25, 0.3) is 0 Å². The number of pyridine rings is 1. The molecule has 0 amide bonds. The minimum atomic E-state index is -2.97. The number of aromatic nitrogens is 3. The number of hydrogen-bond donors (Lipinski definition) is 1. The summed E-state index contributed by atoms with van der Waals surface area (Å²) in [5.74, 6) is -0.134. The molecule has 0 bridgehead atoms. The van der Waals surface area contributed by atoms with E-state index in [2.05, 4.69) is 19.7 Å². The predicted molar refractivity (Wildman–Crippen MR) is 53.4 cm³/mol.